The first-order chi connectivity index (χ1) is 8.20. The van der Waals surface area contributed by atoms with Gasteiger partial charge in [0.2, 0.25) is 12.3 Å². The first-order valence-electron chi connectivity index (χ1n) is 6.22. The number of hydrogen-bond donors (Lipinski definition) is 0. The van der Waals surface area contributed by atoms with Gasteiger partial charge < -0.3 is 9.15 Å². The van der Waals surface area contributed by atoms with E-state index < -0.39 is 0 Å². The molecule has 0 N–H and O–H groups in total. The first-order valence-corrected chi connectivity index (χ1v) is 6.22. The molecule has 17 heavy (non-hydrogen) atoms. The molecule has 1 atom stereocenters. The molecule has 2 rings (SSSR count). The molecule has 0 aromatic carbocycles. The second-order valence-electron chi connectivity index (χ2n) is 4.93. The van der Waals surface area contributed by atoms with E-state index in [0.717, 1.165) is 26.1 Å². The number of allylic oxidation sites excluding steroid dienone is 1. The van der Waals surface area contributed by atoms with Crippen LogP contribution in [0.15, 0.2) is 23.0 Å². The molecule has 1 saturated heterocycles. The minimum atomic E-state index is 0.182. The molecule has 0 spiro atoms. The number of nitrogens with zero attached hydrogens (tertiary/aromatic N) is 2. The van der Waals surface area contributed by atoms with Crippen molar-refractivity contribution < 1.29 is 9.15 Å². The van der Waals surface area contributed by atoms with Crippen LogP contribution in [0.5, 0.6) is 0 Å². The van der Waals surface area contributed by atoms with Crippen LogP contribution in [-0.4, -0.2) is 23.4 Å². The average molecular weight is 236 g/mol. The van der Waals surface area contributed by atoms with Crippen molar-refractivity contribution in [1.82, 2.24) is 10.2 Å². The average Bonchev–Trinajstić information content (AvgIpc) is 2.84. The second kappa shape index (κ2) is 5.45. The molecule has 1 unspecified atom stereocenters. The van der Waals surface area contributed by atoms with Crippen LogP contribution in [0.4, 0.5) is 0 Å². The Labute approximate surface area is 102 Å². The van der Waals surface area contributed by atoms with Gasteiger partial charge in [0.1, 0.15) is 0 Å². The molecule has 0 bridgehead atoms. The smallest absolute Gasteiger partial charge is 0.223 e. The third-order valence-electron chi connectivity index (χ3n) is 3.52. The van der Waals surface area contributed by atoms with E-state index in [9.17, 15) is 0 Å². The summed E-state index contributed by atoms with van der Waals surface area (Å²) in [7, 11) is 0. The predicted molar refractivity (Wildman–Crippen MR) is 64.6 cm³/mol. The zero-order valence-electron chi connectivity index (χ0n) is 10.6. The summed E-state index contributed by atoms with van der Waals surface area (Å²) in [6, 6.07) is 0. The fourth-order valence-electron chi connectivity index (χ4n) is 2.39. The Hall–Kier alpha value is -1.16. The molecular weight excluding hydrogens is 216 g/mol. The SMILES string of the molecule is C=C(C(C)C)C(c1nnco1)C1CCOCC1. The van der Waals surface area contributed by atoms with Crippen LogP contribution in [0, 0.1) is 11.8 Å². The molecule has 0 saturated carbocycles. The van der Waals surface area contributed by atoms with E-state index in [2.05, 4.69) is 30.6 Å². The van der Waals surface area contributed by atoms with Crippen LogP contribution in [-0.2, 0) is 4.74 Å². The van der Waals surface area contributed by atoms with Gasteiger partial charge in [0.15, 0.2) is 0 Å². The summed E-state index contributed by atoms with van der Waals surface area (Å²) < 4.78 is 10.8. The highest BCUT2D eigenvalue weighted by atomic mass is 16.5. The Morgan fingerprint density at radius 3 is 2.65 bits per heavy atom. The molecular formula is C13H20N2O2. The van der Waals surface area contributed by atoms with E-state index in [1.807, 2.05) is 0 Å². The molecule has 1 aliphatic heterocycles. The lowest BCUT2D eigenvalue weighted by molar-refractivity contribution is 0.0578. The summed E-state index contributed by atoms with van der Waals surface area (Å²) in [6.07, 6.45) is 3.48. The number of aromatic nitrogens is 2. The molecule has 0 radical (unpaired) electrons. The van der Waals surface area contributed by atoms with Crippen LogP contribution < -0.4 is 0 Å². The Bertz CT molecular complexity index is 354. The zero-order valence-corrected chi connectivity index (χ0v) is 10.6. The number of ether oxygens (including phenoxy) is 1. The van der Waals surface area contributed by atoms with Crippen molar-refractivity contribution in [2.45, 2.75) is 32.6 Å². The standard InChI is InChI=1S/C13H20N2O2/c1-9(2)10(3)12(13-15-14-8-17-13)11-4-6-16-7-5-11/h8-9,11-12H,3-7H2,1-2H3. The normalized spacial score (nSPS) is 19.5. The van der Waals surface area contributed by atoms with Gasteiger partial charge in [-0.05, 0) is 24.7 Å². The lowest BCUT2D eigenvalue weighted by Gasteiger charge is -2.30. The third kappa shape index (κ3) is 2.75. The highest BCUT2D eigenvalue weighted by molar-refractivity contribution is 5.17. The first kappa shape index (κ1) is 12.3. The van der Waals surface area contributed by atoms with Gasteiger partial charge in [0.25, 0.3) is 0 Å². The van der Waals surface area contributed by atoms with Crippen LogP contribution in [0.1, 0.15) is 38.5 Å². The highest BCUT2D eigenvalue weighted by Crippen LogP contribution is 2.38. The maximum atomic E-state index is 5.41. The van der Waals surface area contributed by atoms with Gasteiger partial charge in [-0.15, -0.1) is 10.2 Å². The van der Waals surface area contributed by atoms with Gasteiger partial charge in [-0.1, -0.05) is 26.0 Å². The maximum absolute atomic E-state index is 5.41. The van der Waals surface area contributed by atoms with Crippen molar-refractivity contribution in [2.24, 2.45) is 11.8 Å². The third-order valence-corrected chi connectivity index (χ3v) is 3.52. The van der Waals surface area contributed by atoms with Gasteiger partial charge >= 0.3 is 0 Å². The molecule has 1 aromatic heterocycles. The van der Waals surface area contributed by atoms with E-state index in [1.54, 1.807) is 0 Å². The van der Waals surface area contributed by atoms with Crippen LogP contribution in [0.2, 0.25) is 0 Å². The van der Waals surface area contributed by atoms with E-state index in [1.165, 1.54) is 12.0 Å². The van der Waals surface area contributed by atoms with E-state index in [-0.39, 0.29) is 5.92 Å². The maximum Gasteiger partial charge on any atom is 0.223 e. The summed E-state index contributed by atoms with van der Waals surface area (Å²) in [5.41, 5.74) is 1.18. The molecule has 2 heterocycles. The van der Waals surface area contributed by atoms with Crippen molar-refractivity contribution in [3.63, 3.8) is 0 Å². The van der Waals surface area contributed by atoms with Crippen molar-refractivity contribution in [2.75, 3.05) is 13.2 Å². The molecule has 94 valence electrons. The summed E-state index contributed by atoms with van der Waals surface area (Å²) in [5, 5.41) is 7.87. The zero-order chi connectivity index (χ0) is 12.3. The predicted octanol–water partition coefficient (Wildman–Crippen LogP) is 2.79. The lowest BCUT2D eigenvalue weighted by Crippen LogP contribution is -2.24. The second-order valence-corrected chi connectivity index (χ2v) is 4.93. The summed E-state index contributed by atoms with van der Waals surface area (Å²) in [4.78, 5) is 0. The van der Waals surface area contributed by atoms with E-state index in [4.69, 9.17) is 9.15 Å². The van der Waals surface area contributed by atoms with Crippen LogP contribution in [0.25, 0.3) is 0 Å². The molecule has 1 fully saturated rings. The van der Waals surface area contributed by atoms with Crippen molar-refractivity contribution >= 4 is 0 Å². The van der Waals surface area contributed by atoms with Crippen LogP contribution >= 0.6 is 0 Å². The van der Waals surface area contributed by atoms with Crippen LogP contribution in [0.3, 0.4) is 0 Å². The minimum absolute atomic E-state index is 0.182. The Morgan fingerprint density at radius 1 is 1.41 bits per heavy atom. The minimum Gasteiger partial charge on any atom is -0.427 e. The quantitative estimate of drug-likeness (QED) is 0.754. The lowest BCUT2D eigenvalue weighted by atomic mass is 9.78. The Morgan fingerprint density at radius 2 is 2.12 bits per heavy atom. The highest BCUT2D eigenvalue weighted by Gasteiger charge is 2.32. The molecule has 0 amide bonds. The Balaban J connectivity index is 2.20. The Kier molecular flexibility index (Phi) is 3.94. The number of hydrogen-bond acceptors (Lipinski definition) is 4. The van der Waals surface area contributed by atoms with Gasteiger partial charge in [-0.3, -0.25) is 0 Å². The topological polar surface area (TPSA) is 48.2 Å². The fourth-order valence-corrected chi connectivity index (χ4v) is 2.39. The van der Waals surface area contributed by atoms with Crippen molar-refractivity contribution in [3.8, 4) is 0 Å². The van der Waals surface area contributed by atoms with E-state index >= 15 is 0 Å². The molecule has 1 aromatic rings. The molecule has 4 heteroatoms. The molecule has 1 aliphatic rings. The van der Waals surface area contributed by atoms with Gasteiger partial charge in [-0.2, -0.15) is 0 Å². The van der Waals surface area contributed by atoms with Gasteiger partial charge in [0.05, 0.1) is 5.92 Å². The van der Waals surface area contributed by atoms with Crippen molar-refractivity contribution in [1.29, 1.82) is 0 Å². The fraction of sp³-hybridized carbons (Fsp3) is 0.692. The summed E-state index contributed by atoms with van der Waals surface area (Å²) in [5.74, 6) is 1.82. The monoisotopic (exact) mass is 236 g/mol. The molecule has 0 aliphatic carbocycles. The largest absolute Gasteiger partial charge is 0.427 e. The molecule has 4 nitrogen and oxygen atoms in total. The van der Waals surface area contributed by atoms with Gasteiger partial charge in [-0.25, -0.2) is 0 Å². The van der Waals surface area contributed by atoms with Crippen molar-refractivity contribution in [3.05, 3.63) is 24.4 Å². The summed E-state index contributed by atoms with van der Waals surface area (Å²) in [6.45, 7) is 10.2. The number of rotatable bonds is 4. The van der Waals surface area contributed by atoms with Gasteiger partial charge in [0, 0.05) is 13.2 Å². The summed E-state index contributed by atoms with van der Waals surface area (Å²) >= 11 is 0. The van der Waals surface area contributed by atoms with E-state index in [0.29, 0.717) is 17.7 Å².